The molecule has 6 nitrogen and oxygen atoms in total. The molecule has 0 heterocycles. The third kappa shape index (κ3) is 5.58. The summed E-state index contributed by atoms with van der Waals surface area (Å²) in [5.41, 5.74) is 0.575. The van der Waals surface area contributed by atoms with Crippen molar-refractivity contribution in [3.63, 3.8) is 0 Å². The first kappa shape index (κ1) is 15.9. The number of rotatable bonds is 5. The summed E-state index contributed by atoms with van der Waals surface area (Å²) in [6, 6.07) is 4.83. The maximum atomic E-state index is 11.5. The summed E-state index contributed by atoms with van der Waals surface area (Å²) in [5, 5.41) is 22.5. The Bertz CT molecular complexity index is 482. The van der Waals surface area contributed by atoms with Gasteiger partial charge in [-0.05, 0) is 34.1 Å². The van der Waals surface area contributed by atoms with Crippen molar-refractivity contribution in [2.45, 2.75) is 12.5 Å². The molecular formula is C11H12Br2N2O4. The molecule has 0 aliphatic rings. The van der Waals surface area contributed by atoms with Crippen molar-refractivity contribution in [1.29, 1.82) is 0 Å². The Labute approximate surface area is 126 Å². The van der Waals surface area contributed by atoms with E-state index in [1.807, 2.05) is 6.07 Å². The fraction of sp³-hybridized carbons (Fsp3) is 0.273. The van der Waals surface area contributed by atoms with Gasteiger partial charge in [-0.2, -0.15) is 0 Å². The quantitative estimate of drug-likeness (QED) is 0.613. The molecule has 8 heteroatoms. The third-order valence-electron chi connectivity index (χ3n) is 2.16. The number of aliphatic hydroxyl groups is 1. The lowest BCUT2D eigenvalue weighted by Gasteiger charge is -2.10. The average molecular weight is 396 g/mol. The molecule has 0 fully saturated rings. The Morgan fingerprint density at radius 2 is 2.00 bits per heavy atom. The van der Waals surface area contributed by atoms with E-state index in [0.717, 1.165) is 8.95 Å². The second kappa shape index (κ2) is 7.46. The molecule has 0 saturated carbocycles. The Balaban J connectivity index is 2.43. The second-order valence-electron chi connectivity index (χ2n) is 3.65. The van der Waals surface area contributed by atoms with E-state index in [0.29, 0.717) is 5.69 Å². The number of nitrogens with one attached hydrogen (secondary N) is 2. The highest BCUT2D eigenvalue weighted by molar-refractivity contribution is 9.11. The van der Waals surface area contributed by atoms with Gasteiger partial charge in [0.05, 0.1) is 5.69 Å². The van der Waals surface area contributed by atoms with E-state index < -0.39 is 18.1 Å². The summed E-state index contributed by atoms with van der Waals surface area (Å²) < 4.78 is 1.53. The summed E-state index contributed by atoms with van der Waals surface area (Å²) in [5.74, 6) is -1.31. The predicted molar refractivity (Wildman–Crippen MR) is 77.1 cm³/mol. The van der Waals surface area contributed by atoms with Gasteiger partial charge in [0, 0.05) is 21.9 Å². The number of benzene rings is 1. The molecule has 1 aromatic carbocycles. The SMILES string of the molecule is O=C(NCCC(O)C(=O)O)Nc1cc(Br)ccc1Br. The van der Waals surface area contributed by atoms with Crippen LogP contribution in [0.2, 0.25) is 0 Å². The van der Waals surface area contributed by atoms with Crippen molar-refractivity contribution in [1.82, 2.24) is 5.32 Å². The Morgan fingerprint density at radius 1 is 1.32 bits per heavy atom. The summed E-state index contributed by atoms with van der Waals surface area (Å²) in [6.07, 6.45) is -1.53. The van der Waals surface area contributed by atoms with Crippen LogP contribution in [-0.2, 0) is 4.79 Å². The molecular weight excluding hydrogens is 384 g/mol. The van der Waals surface area contributed by atoms with Crippen LogP contribution in [0, 0.1) is 0 Å². The molecule has 0 saturated heterocycles. The standard InChI is InChI=1S/C11H12Br2N2O4/c12-6-1-2-7(13)8(5-6)15-11(19)14-4-3-9(16)10(17)18/h1-2,5,9,16H,3-4H2,(H,17,18)(H2,14,15,19). The molecule has 0 bridgehead atoms. The highest BCUT2D eigenvalue weighted by Gasteiger charge is 2.13. The largest absolute Gasteiger partial charge is 0.479 e. The van der Waals surface area contributed by atoms with E-state index in [-0.39, 0.29) is 13.0 Å². The van der Waals surface area contributed by atoms with E-state index >= 15 is 0 Å². The van der Waals surface area contributed by atoms with Gasteiger partial charge >= 0.3 is 12.0 Å². The zero-order valence-electron chi connectivity index (χ0n) is 9.69. The summed E-state index contributed by atoms with van der Waals surface area (Å²) in [7, 11) is 0. The third-order valence-corrected chi connectivity index (χ3v) is 3.35. The van der Waals surface area contributed by atoms with Crippen LogP contribution in [-0.4, -0.2) is 34.9 Å². The van der Waals surface area contributed by atoms with E-state index in [1.165, 1.54) is 0 Å². The molecule has 0 radical (unpaired) electrons. The predicted octanol–water partition coefficient (Wildman–Crippen LogP) is 2.17. The molecule has 1 atom stereocenters. The molecule has 104 valence electrons. The van der Waals surface area contributed by atoms with E-state index in [2.05, 4.69) is 42.5 Å². The molecule has 1 rings (SSSR count). The Hall–Kier alpha value is -1.12. The minimum Gasteiger partial charge on any atom is -0.479 e. The van der Waals surface area contributed by atoms with Gasteiger partial charge in [0.25, 0.3) is 0 Å². The molecule has 0 spiro atoms. The van der Waals surface area contributed by atoms with Crippen LogP contribution >= 0.6 is 31.9 Å². The maximum Gasteiger partial charge on any atom is 0.332 e. The van der Waals surface area contributed by atoms with Crippen molar-refractivity contribution in [2.75, 3.05) is 11.9 Å². The first-order valence-corrected chi connectivity index (χ1v) is 6.89. The van der Waals surface area contributed by atoms with E-state index in [9.17, 15) is 9.59 Å². The number of amides is 2. The lowest BCUT2D eigenvalue weighted by Crippen LogP contribution is -2.33. The topological polar surface area (TPSA) is 98.7 Å². The van der Waals surface area contributed by atoms with Gasteiger partial charge in [-0.3, -0.25) is 0 Å². The van der Waals surface area contributed by atoms with E-state index in [4.69, 9.17) is 10.2 Å². The zero-order chi connectivity index (χ0) is 14.4. The van der Waals surface area contributed by atoms with Crippen LogP contribution < -0.4 is 10.6 Å². The van der Waals surface area contributed by atoms with Crippen molar-refractivity contribution in [3.8, 4) is 0 Å². The minimum atomic E-state index is -1.47. The molecule has 0 aliphatic carbocycles. The average Bonchev–Trinajstić information content (AvgIpc) is 2.33. The highest BCUT2D eigenvalue weighted by atomic mass is 79.9. The highest BCUT2D eigenvalue weighted by Crippen LogP contribution is 2.25. The minimum absolute atomic E-state index is 0.0532. The van der Waals surface area contributed by atoms with E-state index in [1.54, 1.807) is 12.1 Å². The number of hydrogen-bond acceptors (Lipinski definition) is 3. The van der Waals surface area contributed by atoms with Crippen LogP contribution in [0.4, 0.5) is 10.5 Å². The van der Waals surface area contributed by atoms with Crippen molar-refractivity contribution >= 4 is 49.5 Å². The van der Waals surface area contributed by atoms with Crippen LogP contribution in [0.1, 0.15) is 6.42 Å². The first-order chi connectivity index (χ1) is 8.90. The van der Waals surface area contributed by atoms with Crippen LogP contribution in [0.5, 0.6) is 0 Å². The normalized spacial score (nSPS) is 11.7. The van der Waals surface area contributed by atoms with Crippen LogP contribution in [0.25, 0.3) is 0 Å². The molecule has 19 heavy (non-hydrogen) atoms. The van der Waals surface area contributed by atoms with Gasteiger partial charge in [-0.15, -0.1) is 0 Å². The number of carboxylic acid groups (broad SMARTS) is 1. The molecule has 2 amide bonds. The number of aliphatic hydroxyl groups excluding tert-OH is 1. The van der Waals surface area contributed by atoms with Gasteiger partial charge in [0.1, 0.15) is 0 Å². The fourth-order valence-corrected chi connectivity index (χ4v) is 1.91. The van der Waals surface area contributed by atoms with Crippen molar-refractivity contribution in [2.24, 2.45) is 0 Å². The Morgan fingerprint density at radius 3 is 2.63 bits per heavy atom. The van der Waals surface area contributed by atoms with Crippen molar-refractivity contribution < 1.29 is 19.8 Å². The number of halogens is 2. The zero-order valence-corrected chi connectivity index (χ0v) is 12.9. The maximum absolute atomic E-state index is 11.5. The number of hydrogen-bond donors (Lipinski definition) is 4. The number of carboxylic acids is 1. The summed E-state index contributed by atoms with van der Waals surface area (Å²) in [4.78, 5) is 21.9. The van der Waals surface area contributed by atoms with Crippen LogP contribution in [0.15, 0.2) is 27.1 Å². The number of urea groups is 1. The van der Waals surface area contributed by atoms with Gasteiger partial charge < -0.3 is 20.8 Å². The number of carbonyl (C=O) groups excluding carboxylic acids is 1. The lowest BCUT2D eigenvalue weighted by atomic mass is 10.2. The smallest absolute Gasteiger partial charge is 0.332 e. The Kier molecular flexibility index (Phi) is 6.26. The first-order valence-electron chi connectivity index (χ1n) is 5.31. The molecule has 0 aromatic heterocycles. The van der Waals surface area contributed by atoms with Gasteiger partial charge in [0.15, 0.2) is 6.10 Å². The van der Waals surface area contributed by atoms with Crippen LogP contribution in [0.3, 0.4) is 0 Å². The molecule has 4 N–H and O–H groups in total. The monoisotopic (exact) mass is 394 g/mol. The molecule has 1 unspecified atom stereocenters. The molecule has 1 aromatic rings. The van der Waals surface area contributed by atoms with Crippen molar-refractivity contribution in [3.05, 3.63) is 27.1 Å². The van der Waals surface area contributed by atoms with Gasteiger partial charge in [0.2, 0.25) is 0 Å². The van der Waals surface area contributed by atoms with Gasteiger partial charge in [-0.1, -0.05) is 15.9 Å². The number of aliphatic carboxylic acids is 1. The lowest BCUT2D eigenvalue weighted by molar-refractivity contribution is -0.146. The second-order valence-corrected chi connectivity index (χ2v) is 5.42. The number of carbonyl (C=O) groups is 2. The van der Waals surface area contributed by atoms with Gasteiger partial charge in [-0.25, -0.2) is 9.59 Å². The number of anilines is 1. The molecule has 0 aliphatic heterocycles. The fourth-order valence-electron chi connectivity index (χ4n) is 1.21. The summed E-state index contributed by atoms with van der Waals surface area (Å²) >= 11 is 6.57. The summed E-state index contributed by atoms with van der Waals surface area (Å²) in [6.45, 7) is 0.0604.